The molecule has 0 spiro atoms. The third-order valence-corrected chi connectivity index (χ3v) is 8.97. The maximum absolute atomic E-state index is 12.8. The minimum absolute atomic E-state index is 0.0486. The lowest BCUT2D eigenvalue weighted by Gasteiger charge is -2.17. The van der Waals surface area contributed by atoms with Crippen LogP contribution in [0.3, 0.4) is 0 Å². The molecule has 0 fully saturated rings. The Morgan fingerprint density at radius 2 is 1.76 bits per heavy atom. The van der Waals surface area contributed by atoms with Crippen LogP contribution < -0.4 is 26.1 Å². The van der Waals surface area contributed by atoms with Gasteiger partial charge in [-0.15, -0.1) is 0 Å². The number of nitrogens with zero attached hydrogens (tertiary/aromatic N) is 2. The summed E-state index contributed by atoms with van der Waals surface area (Å²) in [6.07, 6.45) is 1.39. The second-order valence-corrected chi connectivity index (χ2v) is 14.3. The highest BCUT2D eigenvalue weighted by Gasteiger charge is 2.24. The number of sulfone groups is 1. The van der Waals surface area contributed by atoms with Crippen molar-refractivity contribution in [2.24, 2.45) is 0 Å². The zero-order valence-electron chi connectivity index (χ0n) is 19.5. The number of aromatic nitrogens is 2. The van der Waals surface area contributed by atoms with Crippen molar-refractivity contribution in [2.45, 2.75) is 24.0 Å². The van der Waals surface area contributed by atoms with E-state index in [1.165, 1.54) is 19.4 Å². The summed E-state index contributed by atoms with van der Waals surface area (Å²) >= 11 is 6.29. The Balaban J connectivity index is 1.97. The molecule has 1 aromatic heterocycles. The van der Waals surface area contributed by atoms with Gasteiger partial charge in [0, 0.05) is 5.30 Å². The number of hydrogen-bond acceptors (Lipinski definition) is 8. The summed E-state index contributed by atoms with van der Waals surface area (Å²) in [5, 5.41) is 6.26. The van der Waals surface area contributed by atoms with Gasteiger partial charge in [0.25, 0.3) is 0 Å². The number of benzene rings is 2. The minimum Gasteiger partial charge on any atom is -0.495 e. The number of rotatable bonds is 8. The number of ether oxygens (including phenoxy) is 1. The van der Waals surface area contributed by atoms with Gasteiger partial charge in [0.15, 0.2) is 15.7 Å². The van der Waals surface area contributed by atoms with E-state index in [0.717, 1.165) is 0 Å². The molecule has 0 aliphatic rings. The van der Waals surface area contributed by atoms with Crippen molar-refractivity contribution >= 4 is 70.3 Å². The summed E-state index contributed by atoms with van der Waals surface area (Å²) in [5.74, 6) is 0.863. The third-order valence-electron chi connectivity index (χ3n) is 4.98. The standard InChI is InChI=1S/C22H25BClN4O4PS/c1-13(2)34(30,31)20-10-14(23)6-8-18(20)26-21-16(24)12-25-22(28-21)27-17-9-7-15(33(4,5)29)11-19(17)32-3/h6-13H,1-5H3,(H2,25,26,27,28). The van der Waals surface area contributed by atoms with Crippen molar-refractivity contribution < 1.29 is 17.7 Å². The summed E-state index contributed by atoms with van der Waals surface area (Å²) in [5.41, 5.74) is 1.17. The Hall–Kier alpha value is -2.55. The fourth-order valence-corrected chi connectivity index (χ4v) is 5.25. The fourth-order valence-electron chi connectivity index (χ4n) is 3.01. The van der Waals surface area contributed by atoms with Crippen LogP contribution in [0.1, 0.15) is 13.8 Å². The van der Waals surface area contributed by atoms with Crippen LogP contribution in [0.2, 0.25) is 5.02 Å². The molecule has 178 valence electrons. The van der Waals surface area contributed by atoms with Gasteiger partial charge in [-0.1, -0.05) is 23.1 Å². The average Bonchev–Trinajstić information content (AvgIpc) is 2.76. The molecular weight excluding hydrogens is 494 g/mol. The molecule has 0 aliphatic heterocycles. The number of methoxy groups -OCH3 is 1. The molecule has 34 heavy (non-hydrogen) atoms. The van der Waals surface area contributed by atoms with Crippen molar-refractivity contribution in [3.05, 3.63) is 47.6 Å². The molecule has 1 heterocycles. The van der Waals surface area contributed by atoms with Gasteiger partial charge in [0.1, 0.15) is 25.8 Å². The summed E-state index contributed by atoms with van der Waals surface area (Å²) in [6.45, 7) is 6.55. The Morgan fingerprint density at radius 3 is 2.38 bits per heavy atom. The van der Waals surface area contributed by atoms with E-state index in [2.05, 4.69) is 20.6 Å². The van der Waals surface area contributed by atoms with E-state index in [-0.39, 0.29) is 27.4 Å². The van der Waals surface area contributed by atoms with Gasteiger partial charge in [-0.25, -0.2) is 13.4 Å². The van der Waals surface area contributed by atoms with Gasteiger partial charge in [-0.3, -0.25) is 0 Å². The van der Waals surface area contributed by atoms with Crippen molar-refractivity contribution in [1.82, 2.24) is 9.97 Å². The Bertz CT molecular complexity index is 1380. The monoisotopic (exact) mass is 518 g/mol. The first-order chi connectivity index (χ1) is 15.8. The van der Waals surface area contributed by atoms with Gasteiger partial charge in [0.05, 0.1) is 34.8 Å². The van der Waals surface area contributed by atoms with Crippen molar-refractivity contribution in [3.63, 3.8) is 0 Å². The largest absolute Gasteiger partial charge is 0.495 e. The SMILES string of the molecule is [B]c1ccc(Nc2nc(Nc3ccc(P(C)(C)=O)cc3OC)ncc2Cl)c(S(=O)(=O)C(C)C)c1. The van der Waals surface area contributed by atoms with E-state index in [1.807, 2.05) is 0 Å². The van der Waals surface area contributed by atoms with Crippen LogP contribution >= 0.6 is 18.7 Å². The first-order valence-corrected chi connectivity index (χ1v) is 14.8. The zero-order chi connectivity index (χ0) is 25.3. The molecule has 3 aromatic rings. The van der Waals surface area contributed by atoms with Gasteiger partial charge < -0.3 is 19.9 Å². The molecule has 12 heteroatoms. The Kier molecular flexibility index (Phi) is 7.65. The van der Waals surface area contributed by atoms with Crippen molar-refractivity contribution in [2.75, 3.05) is 31.1 Å². The smallest absolute Gasteiger partial charge is 0.229 e. The predicted octanol–water partition coefficient (Wildman–Crippen LogP) is 3.85. The molecule has 2 radical (unpaired) electrons. The van der Waals surface area contributed by atoms with E-state index in [0.29, 0.717) is 22.2 Å². The predicted molar refractivity (Wildman–Crippen MR) is 140 cm³/mol. The highest BCUT2D eigenvalue weighted by molar-refractivity contribution is 7.92. The van der Waals surface area contributed by atoms with Crippen LogP contribution in [0.4, 0.5) is 23.1 Å². The first kappa shape index (κ1) is 26.1. The Morgan fingerprint density at radius 1 is 1.09 bits per heavy atom. The van der Waals surface area contributed by atoms with Gasteiger partial charge >= 0.3 is 0 Å². The van der Waals surface area contributed by atoms with Gasteiger partial charge in [-0.2, -0.15) is 4.98 Å². The second kappa shape index (κ2) is 9.98. The molecular formula is C22H25BClN4O4PS. The van der Waals surface area contributed by atoms with Gasteiger partial charge in [0.2, 0.25) is 5.95 Å². The van der Waals surface area contributed by atoms with Crippen LogP contribution in [0.5, 0.6) is 5.75 Å². The molecule has 3 rings (SSSR count). The van der Waals surface area contributed by atoms with E-state index in [9.17, 15) is 13.0 Å². The second-order valence-electron chi connectivity index (χ2n) is 8.22. The molecule has 0 amide bonds. The lowest BCUT2D eigenvalue weighted by Crippen LogP contribution is -2.18. The summed E-state index contributed by atoms with van der Waals surface area (Å²) in [7, 11) is 1.25. The lowest BCUT2D eigenvalue weighted by atomic mass is 9.96. The van der Waals surface area contributed by atoms with Gasteiger partial charge in [-0.05, 0) is 57.5 Å². The topological polar surface area (TPSA) is 110 Å². The first-order valence-electron chi connectivity index (χ1n) is 10.3. The van der Waals surface area contributed by atoms with Crippen molar-refractivity contribution in [1.29, 1.82) is 0 Å². The number of hydrogen-bond donors (Lipinski definition) is 2. The highest BCUT2D eigenvalue weighted by Crippen LogP contribution is 2.38. The van der Waals surface area contributed by atoms with E-state index in [4.69, 9.17) is 24.2 Å². The number of anilines is 4. The summed E-state index contributed by atoms with van der Waals surface area (Å²) in [6, 6.07) is 9.73. The molecule has 0 unspecified atom stereocenters. The van der Waals surface area contributed by atoms with E-state index >= 15 is 0 Å². The number of nitrogens with one attached hydrogen (secondary N) is 2. The highest BCUT2D eigenvalue weighted by atomic mass is 35.5. The molecule has 8 nitrogen and oxygen atoms in total. The molecule has 2 N–H and O–H groups in total. The van der Waals surface area contributed by atoms with Crippen LogP contribution in [-0.4, -0.2) is 51.9 Å². The fraction of sp³-hybridized carbons (Fsp3) is 0.273. The number of halogens is 1. The molecule has 0 saturated heterocycles. The average molecular weight is 519 g/mol. The minimum atomic E-state index is -3.63. The maximum atomic E-state index is 12.8. The molecule has 0 saturated carbocycles. The van der Waals surface area contributed by atoms with Crippen LogP contribution in [0.25, 0.3) is 0 Å². The van der Waals surface area contributed by atoms with E-state index in [1.54, 1.807) is 57.5 Å². The summed E-state index contributed by atoms with van der Waals surface area (Å²) in [4.78, 5) is 8.64. The normalized spacial score (nSPS) is 12.0. The molecule has 0 bridgehead atoms. The van der Waals surface area contributed by atoms with Crippen LogP contribution in [-0.2, 0) is 14.4 Å². The zero-order valence-corrected chi connectivity index (χ0v) is 21.9. The van der Waals surface area contributed by atoms with Crippen LogP contribution in [0, 0.1) is 0 Å². The maximum Gasteiger partial charge on any atom is 0.229 e. The quantitative estimate of drug-likeness (QED) is 0.342. The van der Waals surface area contributed by atoms with E-state index < -0.39 is 22.2 Å². The molecule has 2 aromatic carbocycles. The van der Waals surface area contributed by atoms with Crippen LogP contribution in [0.15, 0.2) is 47.5 Å². The third kappa shape index (κ3) is 5.74. The molecule has 0 aliphatic carbocycles. The molecule has 0 atom stereocenters. The van der Waals surface area contributed by atoms with Crippen molar-refractivity contribution in [3.8, 4) is 5.75 Å². The Labute approximate surface area is 206 Å². The lowest BCUT2D eigenvalue weighted by molar-refractivity contribution is 0.417. The summed E-state index contributed by atoms with van der Waals surface area (Å²) < 4.78 is 43.5.